The molecular formula is C35H34N2O10S. The van der Waals surface area contributed by atoms with E-state index in [1.54, 1.807) is 0 Å². The zero-order valence-corrected chi connectivity index (χ0v) is 26.8. The summed E-state index contributed by atoms with van der Waals surface area (Å²) in [6.45, 7) is 3.66. The Morgan fingerprint density at radius 1 is 0.917 bits per heavy atom. The number of nitrogens with zero attached hydrogens (tertiary/aromatic N) is 1. The van der Waals surface area contributed by atoms with Gasteiger partial charge < -0.3 is 29.5 Å². The number of aromatic nitrogens is 1. The molecule has 2 fully saturated rings. The maximum Gasteiger partial charge on any atom is 0.412 e. The fraction of sp³-hybridized carbons (Fsp3) is 0.314. The standard InChI is InChI=1S/C35H34N2O10S/c1-19-26(36-34(43)45-20(2)21-6-4-3-5-7-21)30(48-37-19)24-10-8-22(9-11-24)23-12-14-25(15-13-23)35(16-17-35)33(42)47-32-29(41)27(39)28(40)31(46-32)44-18-38/h3-15,18,20,27-29,31-32,39-41H,16-17H2,1-2H3,(H,36,43)/t20-,27?,28?,29?,31?,32?/m1/s1. The van der Waals surface area contributed by atoms with Crippen LogP contribution >= 0.6 is 11.5 Å². The van der Waals surface area contributed by atoms with Crippen molar-refractivity contribution in [2.75, 3.05) is 5.32 Å². The first-order chi connectivity index (χ1) is 23.1. The fourth-order valence-electron chi connectivity index (χ4n) is 5.63. The van der Waals surface area contributed by atoms with Crippen LogP contribution in [0.25, 0.3) is 21.6 Å². The minimum absolute atomic E-state index is 0.0244. The highest BCUT2D eigenvalue weighted by Gasteiger charge is 2.55. The molecule has 0 bridgehead atoms. The molecule has 0 spiro atoms. The monoisotopic (exact) mass is 674 g/mol. The van der Waals surface area contributed by atoms with Crippen molar-refractivity contribution in [1.29, 1.82) is 0 Å². The Balaban J connectivity index is 1.11. The van der Waals surface area contributed by atoms with Gasteiger partial charge in [-0.2, -0.15) is 4.37 Å². The van der Waals surface area contributed by atoms with Gasteiger partial charge in [0.05, 0.1) is 21.7 Å². The molecule has 1 saturated heterocycles. The first-order valence-electron chi connectivity index (χ1n) is 15.3. The van der Waals surface area contributed by atoms with Crippen molar-refractivity contribution in [3.63, 3.8) is 0 Å². The number of hydrogen-bond donors (Lipinski definition) is 4. The number of esters is 1. The Bertz CT molecular complexity index is 1760. The second-order valence-corrected chi connectivity index (χ2v) is 12.5. The summed E-state index contributed by atoms with van der Waals surface area (Å²) in [6.07, 6.45) is -8.43. The van der Waals surface area contributed by atoms with Crippen molar-refractivity contribution < 1.29 is 48.7 Å². The lowest BCUT2D eigenvalue weighted by Crippen LogP contribution is -2.59. The van der Waals surface area contributed by atoms with Crippen LogP contribution in [0.4, 0.5) is 10.5 Å². The van der Waals surface area contributed by atoms with Crippen molar-refractivity contribution in [3.8, 4) is 21.6 Å². The molecule has 0 radical (unpaired) electrons. The largest absolute Gasteiger partial charge is 0.441 e. The van der Waals surface area contributed by atoms with E-state index in [4.69, 9.17) is 14.2 Å². The predicted octanol–water partition coefficient (Wildman–Crippen LogP) is 4.61. The molecule has 1 amide bonds. The third-order valence-corrected chi connectivity index (χ3v) is 9.63. The highest BCUT2D eigenvalue weighted by Crippen LogP contribution is 2.50. The summed E-state index contributed by atoms with van der Waals surface area (Å²) >= 11 is 1.28. The number of benzene rings is 3. The molecule has 4 aromatic rings. The molecule has 1 aliphatic carbocycles. The van der Waals surface area contributed by atoms with Gasteiger partial charge in [0.1, 0.15) is 24.4 Å². The zero-order chi connectivity index (χ0) is 34.0. The van der Waals surface area contributed by atoms with Crippen LogP contribution in [0.15, 0.2) is 78.9 Å². The number of carbonyl (C=O) groups is 3. The van der Waals surface area contributed by atoms with E-state index in [1.807, 2.05) is 92.7 Å². The van der Waals surface area contributed by atoms with Crippen LogP contribution in [0.5, 0.6) is 0 Å². The fourth-order valence-corrected chi connectivity index (χ4v) is 6.48. The normalized spacial score (nSPS) is 23.4. The predicted molar refractivity (Wildman–Crippen MR) is 174 cm³/mol. The van der Waals surface area contributed by atoms with E-state index in [9.17, 15) is 29.7 Å². The third-order valence-electron chi connectivity index (χ3n) is 8.64. The van der Waals surface area contributed by atoms with Crippen molar-refractivity contribution >= 4 is 35.8 Å². The summed E-state index contributed by atoms with van der Waals surface area (Å²) in [5.41, 5.74) is 4.62. The van der Waals surface area contributed by atoms with Crippen LogP contribution in [-0.2, 0) is 34.0 Å². The summed E-state index contributed by atoms with van der Waals surface area (Å²) < 4.78 is 25.3. The van der Waals surface area contributed by atoms with Gasteiger partial charge in [0, 0.05) is 0 Å². The van der Waals surface area contributed by atoms with Crippen LogP contribution in [-0.4, -0.2) is 69.1 Å². The molecule has 6 rings (SSSR count). The molecule has 13 heteroatoms. The second-order valence-electron chi connectivity index (χ2n) is 11.8. The van der Waals surface area contributed by atoms with E-state index >= 15 is 0 Å². The summed E-state index contributed by atoms with van der Waals surface area (Å²) in [5.74, 6) is -0.667. The number of carbonyl (C=O) groups excluding carboxylic acids is 3. The first-order valence-corrected chi connectivity index (χ1v) is 16.1. The van der Waals surface area contributed by atoms with Gasteiger partial charge in [-0.25, -0.2) is 4.79 Å². The minimum Gasteiger partial charge on any atom is -0.441 e. The third kappa shape index (κ3) is 6.68. The number of amides is 1. The van der Waals surface area contributed by atoms with E-state index in [1.165, 1.54) is 11.5 Å². The average Bonchev–Trinajstić information content (AvgIpc) is 3.84. The first kappa shape index (κ1) is 33.2. The van der Waals surface area contributed by atoms with Gasteiger partial charge in [0.15, 0.2) is 0 Å². The van der Waals surface area contributed by atoms with Crippen LogP contribution in [0.3, 0.4) is 0 Å². The molecule has 5 unspecified atom stereocenters. The lowest BCUT2D eigenvalue weighted by atomic mass is 9.93. The molecule has 250 valence electrons. The molecular weight excluding hydrogens is 640 g/mol. The number of nitrogens with one attached hydrogen (secondary N) is 1. The summed E-state index contributed by atoms with van der Waals surface area (Å²) in [5, 5.41) is 33.2. The van der Waals surface area contributed by atoms with Gasteiger partial charge in [0.25, 0.3) is 6.47 Å². The van der Waals surface area contributed by atoms with Crippen molar-refractivity contribution in [1.82, 2.24) is 4.37 Å². The molecule has 12 nitrogen and oxygen atoms in total. The number of aliphatic hydroxyl groups excluding tert-OH is 3. The molecule has 4 N–H and O–H groups in total. The Labute approximate surface area is 280 Å². The van der Waals surface area contributed by atoms with Gasteiger partial charge >= 0.3 is 12.1 Å². The van der Waals surface area contributed by atoms with Crippen molar-refractivity contribution in [3.05, 3.63) is 95.7 Å². The van der Waals surface area contributed by atoms with E-state index in [2.05, 4.69) is 14.4 Å². The molecule has 2 heterocycles. The van der Waals surface area contributed by atoms with Crippen LogP contribution in [0.1, 0.15) is 42.7 Å². The maximum absolute atomic E-state index is 13.2. The van der Waals surface area contributed by atoms with Gasteiger partial charge in [-0.1, -0.05) is 78.9 Å². The van der Waals surface area contributed by atoms with Crippen LogP contribution in [0, 0.1) is 6.92 Å². The highest BCUT2D eigenvalue weighted by atomic mass is 32.1. The Morgan fingerprint density at radius 3 is 2.15 bits per heavy atom. The van der Waals surface area contributed by atoms with E-state index in [-0.39, 0.29) is 6.47 Å². The molecule has 3 aromatic carbocycles. The second kappa shape index (κ2) is 13.8. The van der Waals surface area contributed by atoms with E-state index in [0.717, 1.165) is 27.1 Å². The van der Waals surface area contributed by atoms with E-state index in [0.29, 0.717) is 29.8 Å². The number of aryl methyl sites for hydroxylation is 1. The van der Waals surface area contributed by atoms with Crippen LogP contribution in [0.2, 0.25) is 0 Å². The number of anilines is 1. The molecule has 1 aliphatic heterocycles. The number of hydrogen-bond acceptors (Lipinski definition) is 12. The molecule has 1 aromatic heterocycles. The van der Waals surface area contributed by atoms with Crippen molar-refractivity contribution in [2.45, 2.75) is 69.1 Å². The van der Waals surface area contributed by atoms with Gasteiger partial charge in [-0.05, 0) is 66.0 Å². The quantitative estimate of drug-likeness (QED) is 0.105. The Hall–Kier alpha value is -4.66. The maximum atomic E-state index is 13.2. The number of rotatable bonds is 10. The lowest BCUT2D eigenvalue weighted by Gasteiger charge is -2.38. The molecule has 6 atom stereocenters. The SMILES string of the molecule is Cc1nsc(-c2ccc(-c3ccc(C4(C(=O)OC5OC(OC=O)C(O)C(O)C5O)CC4)cc3)cc2)c1NC(=O)O[C@H](C)c1ccccc1. The molecule has 48 heavy (non-hydrogen) atoms. The van der Waals surface area contributed by atoms with Crippen LogP contribution < -0.4 is 5.32 Å². The van der Waals surface area contributed by atoms with Gasteiger partial charge in [0.2, 0.25) is 12.6 Å². The van der Waals surface area contributed by atoms with E-state index < -0.39 is 54.5 Å². The summed E-state index contributed by atoms with van der Waals surface area (Å²) in [7, 11) is 0. The smallest absolute Gasteiger partial charge is 0.412 e. The van der Waals surface area contributed by atoms with Gasteiger partial charge in [-0.3, -0.25) is 19.6 Å². The minimum atomic E-state index is -1.75. The Kier molecular flexibility index (Phi) is 9.58. The lowest BCUT2D eigenvalue weighted by molar-refractivity contribution is -0.332. The topological polar surface area (TPSA) is 174 Å². The summed E-state index contributed by atoms with van der Waals surface area (Å²) in [4.78, 5) is 37.5. The molecule has 1 saturated carbocycles. The molecule has 2 aliphatic rings. The number of aliphatic hydroxyl groups is 3. The van der Waals surface area contributed by atoms with Gasteiger partial charge in [-0.15, -0.1) is 0 Å². The zero-order valence-electron chi connectivity index (χ0n) is 26.0. The average molecular weight is 675 g/mol. The highest BCUT2D eigenvalue weighted by molar-refractivity contribution is 7.10. The Morgan fingerprint density at radius 2 is 1.52 bits per heavy atom. The van der Waals surface area contributed by atoms with Crippen molar-refractivity contribution in [2.24, 2.45) is 0 Å². The summed E-state index contributed by atoms with van der Waals surface area (Å²) in [6, 6.07) is 24.8. The number of ether oxygens (including phenoxy) is 4.